The molecule has 1 atom stereocenters. The van der Waals surface area contributed by atoms with Gasteiger partial charge in [-0.05, 0) is 18.1 Å². The van der Waals surface area contributed by atoms with E-state index in [1.54, 1.807) is 18.2 Å². The first-order valence-corrected chi connectivity index (χ1v) is 5.37. The largest absolute Gasteiger partial charge is 0.492 e. The molecule has 0 radical (unpaired) electrons. The maximum atomic E-state index is 8.86. The van der Waals surface area contributed by atoms with Gasteiger partial charge in [-0.1, -0.05) is 31.9 Å². The van der Waals surface area contributed by atoms with Gasteiger partial charge < -0.3 is 4.74 Å². The van der Waals surface area contributed by atoms with Crippen LogP contribution in [0.3, 0.4) is 0 Å². The summed E-state index contributed by atoms with van der Waals surface area (Å²) in [5.74, 6) is 1.06. The first-order chi connectivity index (χ1) is 7.17. The Morgan fingerprint density at radius 2 is 2.27 bits per heavy atom. The quantitative estimate of drug-likeness (QED) is 0.781. The molecule has 80 valence electrons. The zero-order chi connectivity index (χ0) is 11.3. The lowest BCUT2D eigenvalue weighted by Gasteiger charge is -2.12. The van der Waals surface area contributed by atoms with E-state index in [0.29, 0.717) is 28.9 Å². The summed E-state index contributed by atoms with van der Waals surface area (Å²) in [5.41, 5.74) is 0.530. The van der Waals surface area contributed by atoms with E-state index in [0.717, 1.165) is 6.42 Å². The molecule has 1 rings (SSSR count). The molecule has 0 aliphatic carbocycles. The Morgan fingerprint density at radius 1 is 1.53 bits per heavy atom. The van der Waals surface area contributed by atoms with E-state index in [9.17, 15) is 0 Å². The maximum absolute atomic E-state index is 8.86. The number of benzene rings is 1. The van der Waals surface area contributed by atoms with Crippen LogP contribution >= 0.6 is 11.6 Å². The number of hydrogen-bond donors (Lipinski definition) is 0. The number of ether oxygens (including phenoxy) is 1. The fourth-order valence-corrected chi connectivity index (χ4v) is 1.22. The van der Waals surface area contributed by atoms with Crippen molar-refractivity contribution in [3.8, 4) is 11.8 Å². The second-order valence-corrected chi connectivity index (χ2v) is 4.01. The van der Waals surface area contributed by atoms with Gasteiger partial charge in [-0.2, -0.15) is 5.26 Å². The predicted molar refractivity (Wildman–Crippen MR) is 61.1 cm³/mol. The maximum Gasteiger partial charge on any atom is 0.138 e. The zero-order valence-electron chi connectivity index (χ0n) is 8.96. The van der Waals surface area contributed by atoms with Gasteiger partial charge in [0, 0.05) is 11.1 Å². The number of nitrogens with zero attached hydrogens (tertiary/aromatic N) is 1. The summed E-state index contributed by atoms with van der Waals surface area (Å²) in [6.07, 6.45) is 1.06. The highest BCUT2D eigenvalue weighted by Gasteiger charge is 2.06. The second kappa shape index (κ2) is 5.63. The summed E-state index contributed by atoms with van der Waals surface area (Å²) < 4.78 is 5.55. The molecule has 0 fully saturated rings. The van der Waals surface area contributed by atoms with Crippen molar-refractivity contribution in [1.82, 2.24) is 0 Å². The molecule has 0 amide bonds. The van der Waals surface area contributed by atoms with E-state index in [-0.39, 0.29) is 0 Å². The average Bonchev–Trinajstić information content (AvgIpc) is 2.26. The van der Waals surface area contributed by atoms with E-state index in [1.165, 1.54) is 0 Å². The lowest BCUT2D eigenvalue weighted by atomic mass is 10.1. The average molecular weight is 224 g/mol. The molecule has 0 saturated carbocycles. The highest BCUT2D eigenvalue weighted by molar-refractivity contribution is 6.30. The highest BCUT2D eigenvalue weighted by atomic mass is 35.5. The van der Waals surface area contributed by atoms with Crippen LogP contribution in [-0.4, -0.2) is 6.61 Å². The summed E-state index contributed by atoms with van der Waals surface area (Å²) in [6, 6.07) is 7.13. The van der Waals surface area contributed by atoms with Gasteiger partial charge in [0.1, 0.15) is 11.8 Å². The molecule has 1 unspecified atom stereocenters. The zero-order valence-corrected chi connectivity index (χ0v) is 9.71. The minimum Gasteiger partial charge on any atom is -0.492 e. The lowest BCUT2D eigenvalue weighted by molar-refractivity contribution is 0.256. The smallest absolute Gasteiger partial charge is 0.138 e. The number of nitriles is 1. The molecule has 0 spiro atoms. The molecule has 0 aliphatic rings. The molecule has 3 heteroatoms. The van der Waals surface area contributed by atoms with Gasteiger partial charge in [0.15, 0.2) is 0 Å². The van der Waals surface area contributed by atoms with Crippen molar-refractivity contribution in [2.24, 2.45) is 5.92 Å². The minimum atomic E-state index is 0.482. The van der Waals surface area contributed by atoms with Crippen LogP contribution in [0.2, 0.25) is 5.02 Å². The highest BCUT2D eigenvalue weighted by Crippen LogP contribution is 2.23. The summed E-state index contributed by atoms with van der Waals surface area (Å²) in [6.45, 7) is 4.83. The molecule has 0 aliphatic heterocycles. The molecular formula is C12H14ClNO. The van der Waals surface area contributed by atoms with E-state index in [1.807, 2.05) is 0 Å². The van der Waals surface area contributed by atoms with Gasteiger partial charge in [0.05, 0.1) is 12.2 Å². The minimum absolute atomic E-state index is 0.482. The van der Waals surface area contributed by atoms with Gasteiger partial charge in [-0.25, -0.2) is 0 Å². The Balaban J connectivity index is 2.75. The first-order valence-electron chi connectivity index (χ1n) is 4.99. The monoisotopic (exact) mass is 223 g/mol. The molecule has 2 nitrogen and oxygen atoms in total. The molecular weight excluding hydrogens is 210 g/mol. The number of halogens is 1. The van der Waals surface area contributed by atoms with E-state index in [4.69, 9.17) is 21.6 Å². The molecule has 1 aromatic rings. The molecule has 1 aromatic carbocycles. The Hall–Kier alpha value is -1.20. The topological polar surface area (TPSA) is 33.0 Å². The van der Waals surface area contributed by atoms with E-state index >= 15 is 0 Å². The van der Waals surface area contributed by atoms with Crippen LogP contribution in [-0.2, 0) is 0 Å². The van der Waals surface area contributed by atoms with Crippen molar-refractivity contribution in [1.29, 1.82) is 5.26 Å². The molecule has 0 bridgehead atoms. The van der Waals surface area contributed by atoms with Crippen LogP contribution in [0.4, 0.5) is 0 Å². The van der Waals surface area contributed by atoms with E-state index in [2.05, 4.69) is 19.9 Å². The Kier molecular flexibility index (Phi) is 4.45. The van der Waals surface area contributed by atoms with Gasteiger partial charge in [0.2, 0.25) is 0 Å². The molecule has 0 saturated heterocycles. The van der Waals surface area contributed by atoms with Crippen LogP contribution < -0.4 is 4.74 Å². The van der Waals surface area contributed by atoms with Crippen LogP contribution in [0.1, 0.15) is 25.8 Å². The van der Waals surface area contributed by atoms with E-state index < -0.39 is 0 Å². The lowest BCUT2D eigenvalue weighted by Crippen LogP contribution is -2.08. The Labute approximate surface area is 95.4 Å². The SMILES string of the molecule is CCC(C)COc1cc(Cl)ccc1C#N. The van der Waals surface area contributed by atoms with Crippen molar-refractivity contribution in [2.45, 2.75) is 20.3 Å². The second-order valence-electron chi connectivity index (χ2n) is 3.58. The molecule has 0 aromatic heterocycles. The van der Waals surface area contributed by atoms with Gasteiger partial charge in [0.25, 0.3) is 0 Å². The summed E-state index contributed by atoms with van der Waals surface area (Å²) >= 11 is 5.83. The van der Waals surface area contributed by atoms with Crippen LogP contribution in [0.25, 0.3) is 0 Å². The predicted octanol–water partition coefficient (Wildman–Crippen LogP) is 3.64. The van der Waals surface area contributed by atoms with Crippen LogP contribution in [0.5, 0.6) is 5.75 Å². The molecule has 15 heavy (non-hydrogen) atoms. The van der Waals surface area contributed by atoms with Gasteiger partial charge in [-0.15, -0.1) is 0 Å². The van der Waals surface area contributed by atoms with Gasteiger partial charge >= 0.3 is 0 Å². The third-order valence-electron chi connectivity index (χ3n) is 2.28. The molecule has 0 heterocycles. The number of hydrogen-bond acceptors (Lipinski definition) is 2. The third-order valence-corrected chi connectivity index (χ3v) is 2.52. The van der Waals surface area contributed by atoms with Crippen molar-refractivity contribution >= 4 is 11.6 Å². The first kappa shape index (κ1) is 11.9. The van der Waals surface area contributed by atoms with Crippen LogP contribution in [0, 0.1) is 17.2 Å². The normalized spacial score (nSPS) is 11.9. The van der Waals surface area contributed by atoms with Crippen LogP contribution in [0.15, 0.2) is 18.2 Å². The standard InChI is InChI=1S/C12H14ClNO/c1-3-9(2)8-15-12-6-11(13)5-4-10(12)7-14/h4-6,9H,3,8H2,1-2H3. The Morgan fingerprint density at radius 3 is 2.87 bits per heavy atom. The fraction of sp³-hybridized carbons (Fsp3) is 0.417. The van der Waals surface area contributed by atoms with Crippen molar-refractivity contribution < 1.29 is 4.74 Å². The van der Waals surface area contributed by atoms with Crippen molar-refractivity contribution in [3.05, 3.63) is 28.8 Å². The third kappa shape index (κ3) is 3.45. The van der Waals surface area contributed by atoms with Crippen molar-refractivity contribution in [3.63, 3.8) is 0 Å². The van der Waals surface area contributed by atoms with Crippen molar-refractivity contribution in [2.75, 3.05) is 6.61 Å². The summed E-state index contributed by atoms with van der Waals surface area (Å²) in [4.78, 5) is 0. The fourth-order valence-electron chi connectivity index (χ4n) is 1.06. The Bertz CT molecular complexity index is 370. The molecule has 0 N–H and O–H groups in total. The van der Waals surface area contributed by atoms with Gasteiger partial charge in [-0.3, -0.25) is 0 Å². The number of rotatable bonds is 4. The summed E-state index contributed by atoms with van der Waals surface area (Å²) in [7, 11) is 0. The summed E-state index contributed by atoms with van der Waals surface area (Å²) in [5, 5.41) is 9.45.